The average Bonchev–Trinajstić information content (AvgIpc) is 3.17. The van der Waals surface area contributed by atoms with Gasteiger partial charge in [0, 0.05) is 5.92 Å². The van der Waals surface area contributed by atoms with Crippen LogP contribution in [-0.4, -0.2) is 28.3 Å². The van der Waals surface area contributed by atoms with Crippen molar-refractivity contribution in [3.8, 4) is 0 Å². The molecule has 2 aliphatic carbocycles. The lowest BCUT2D eigenvalue weighted by atomic mass is 9.75. The number of rotatable bonds is 13. The fourth-order valence-corrected chi connectivity index (χ4v) is 10.9. The lowest BCUT2D eigenvalue weighted by Gasteiger charge is -2.49. The monoisotopic (exact) mass is 506 g/mol. The fraction of sp³-hybridized carbons (Fsp3) is 0.867. The largest absolute Gasteiger partial charge is 0.413 e. The molecule has 34 heavy (non-hydrogen) atoms. The molecule has 0 N–H and O–H groups in total. The summed E-state index contributed by atoms with van der Waals surface area (Å²) < 4.78 is 14.3. The van der Waals surface area contributed by atoms with Crippen LogP contribution < -0.4 is 0 Å². The number of hydrogen-bond acceptors (Lipinski definition) is 2. The van der Waals surface area contributed by atoms with E-state index in [0.717, 1.165) is 25.7 Å². The molecule has 0 aromatic heterocycles. The second-order valence-corrected chi connectivity index (χ2v) is 22.5. The van der Waals surface area contributed by atoms with E-state index >= 15 is 0 Å². The normalized spacial score (nSPS) is 24.7. The maximum absolute atomic E-state index is 7.31. The zero-order valence-corrected chi connectivity index (χ0v) is 26.4. The standard InChI is InChI=1S/C30H58O2Si2/c1-11-18-27-25(21-22-28(27)31-34(12-2,13-3)14-4)23-24-30(8,26-19-16-15-17-20-26)32-33(9,10)29(5,6)7/h11,21,26-28H,1,12-20,22-24H2,2-10H3/t27-,28+,30?/m1/s1. The number of hydrogen-bond donors (Lipinski definition) is 0. The van der Waals surface area contributed by atoms with Gasteiger partial charge in [0.2, 0.25) is 0 Å². The van der Waals surface area contributed by atoms with Crippen molar-refractivity contribution in [2.24, 2.45) is 11.8 Å². The minimum atomic E-state index is -1.85. The first-order chi connectivity index (χ1) is 15.9. The van der Waals surface area contributed by atoms with Gasteiger partial charge in [-0.25, -0.2) is 0 Å². The Hall–Kier alpha value is -0.166. The van der Waals surface area contributed by atoms with Crippen LogP contribution in [0.1, 0.15) is 106 Å². The zero-order valence-electron chi connectivity index (χ0n) is 24.4. The number of allylic oxidation sites excluding steroid dienone is 1. The van der Waals surface area contributed by atoms with E-state index < -0.39 is 16.6 Å². The Morgan fingerprint density at radius 1 is 1.00 bits per heavy atom. The van der Waals surface area contributed by atoms with Crippen molar-refractivity contribution in [3.05, 3.63) is 24.3 Å². The van der Waals surface area contributed by atoms with Gasteiger partial charge in [0.15, 0.2) is 16.6 Å². The molecule has 0 amide bonds. The van der Waals surface area contributed by atoms with Crippen LogP contribution in [0.3, 0.4) is 0 Å². The van der Waals surface area contributed by atoms with Crippen LogP contribution in [-0.2, 0) is 8.85 Å². The Labute approximate surface area is 215 Å². The summed E-state index contributed by atoms with van der Waals surface area (Å²) in [6, 6.07) is 3.69. The van der Waals surface area contributed by atoms with Gasteiger partial charge in [-0.3, -0.25) is 0 Å². The summed E-state index contributed by atoms with van der Waals surface area (Å²) in [7, 11) is -3.46. The van der Waals surface area contributed by atoms with Crippen LogP contribution in [0.5, 0.6) is 0 Å². The lowest BCUT2D eigenvalue weighted by Crippen LogP contribution is -2.52. The summed E-state index contributed by atoms with van der Waals surface area (Å²) in [6.45, 7) is 25.7. The van der Waals surface area contributed by atoms with Crippen molar-refractivity contribution in [2.75, 3.05) is 0 Å². The summed E-state index contributed by atoms with van der Waals surface area (Å²) in [5.74, 6) is 1.21. The topological polar surface area (TPSA) is 18.5 Å². The minimum absolute atomic E-state index is 0.0172. The van der Waals surface area contributed by atoms with Gasteiger partial charge in [0.1, 0.15) is 0 Å². The van der Waals surface area contributed by atoms with Crippen LogP contribution in [0.4, 0.5) is 0 Å². The van der Waals surface area contributed by atoms with Gasteiger partial charge in [-0.1, -0.05) is 78.5 Å². The summed E-state index contributed by atoms with van der Waals surface area (Å²) in [6.07, 6.45) is 16.3. The predicted molar refractivity (Wildman–Crippen MR) is 156 cm³/mol. The highest BCUT2D eigenvalue weighted by Crippen LogP contribution is 2.47. The van der Waals surface area contributed by atoms with Crippen molar-refractivity contribution in [3.63, 3.8) is 0 Å². The third-order valence-electron chi connectivity index (χ3n) is 9.97. The van der Waals surface area contributed by atoms with E-state index in [1.807, 2.05) is 0 Å². The second-order valence-electron chi connectivity index (χ2n) is 13.1. The zero-order chi connectivity index (χ0) is 25.6. The van der Waals surface area contributed by atoms with E-state index in [0.29, 0.717) is 17.9 Å². The molecule has 4 heteroatoms. The van der Waals surface area contributed by atoms with Crippen molar-refractivity contribution < 1.29 is 8.85 Å². The highest BCUT2D eigenvalue weighted by molar-refractivity contribution is 6.74. The maximum Gasteiger partial charge on any atom is 0.192 e. The average molecular weight is 507 g/mol. The molecule has 0 spiro atoms. The Bertz CT molecular complexity index is 660. The van der Waals surface area contributed by atoms with Gasteiger partial charge < -0.3 is 8.85 Å². The van der Waals surface area contributed by atoms with E-state index in [2.05, 4.69) is 80.3 Å². The van der Waals surface area contributed by atoms with Crippen molar-refractivity contribution in [1.29, 1.82) is 0 Å². The van der Waals surface area contributed by atoms with E-state index in [1.165, 1.54) is 50.2 Å². The van der Waals surface area contributed by atoms with E-state index in [-0.39, 0.29) is 10.6 Å². The molecule has 0 bridgehead atoms. The van der Waals surface area contributed by atoms with Gasteiger partial charge in [0.05, 0.1) is 11.7 Å². The summed E-state index contributed by atoms with van der Waals surface area (Å²) in [5, 5.41) is 0.244. The summed E-state index contributed by atoms with van der Waals surface area (Å²) >= 11 is 0. The smallest absolute Gasteiger partial charge is 0.192 e. The molecular weight excluding hydrogens is 449 g/mol. The van der Waals surface area contributed by atoms with Crippen LogP contribution in [0.2, 0.25) is 36.3 Å². The summed E-state index contributed by atoms with van der Waals surface area (Å²) in [4.78, 5) is 0. The molecule has 1 unspecified atom stereocenters. The van der Waals surface area contributed by atoms with E-state index in [1.54, 1.807) is 5.57 Å². The molecule has 0 radical (unpaired) electrons. The first-order valence-corrected chi connectivity index (χ1v) is 20.0. The van der Waals surface area contributed by atoms with Gasteiger partial charge in [-0.2, -0.15) is 0 Å². The molecule has 0 aliphatic heterocycles. The fourth-order valence-electron chi connectivity index (χ4n) is 6.22. The van der Waals surface area contributed by atoms with Gasteiger partial charge in [-0.05, 0) is 87.6 Å². The van der Waals surface area contributed by atoms with E-state index in [9.17, 15) is 0 Å². The molecule has 0 aromatic rings. The van der Waals surface area contributed by atoms with Crippen molar-refractivity contribution in [2.45, 2.75) is 154 Å². The highest BCUT2D eigenvalue weighted by atomic mass is 28.4. The third-order valence-corrected chi connectivity index (χ3v) is 19.2. The quantitative estimate of drug-likeness (QED) is 0.183. The lowest BCUT2D eigenvalue weighted by molar-refractivity contribution is -0.0118. The Kier molecular flexibility index (Phi) is 10.9. The minimum Gasteiger partial charge on any atom is -0.413 e. The van der Waals surface area contributed by atoms with E-state index in [4.69, 9.17) is 8.85 Å². The molecule has 3 atom stereocenters. The molecule has 0 saturated heterocycles. The highest BCUT2D eigenvalue weighted by Gasteiger charge is 2.46. The van der Waals surface area contributed by atoms with Gasteiger partial charge >= 0.3 is 0 Å². The maximum atomic E-state index is 7.31. The van der Waals surface area contributed by atoms with Crippen LogP contribution in [0.15, 0.2) is 24.3 Å². The molecule has 1 saturated carbocycles. The van der Waals surface area contributed by atoms with Crippen LogP contribution >= 0.6 is 0 Å². The van der Waals surface area contributed by atoms with Gasteiger partial charge in [0.25, 0.3) is 0 Å². The molecular formula is C30H58O2Si2. The van der Waals surface area contributed by atoms with Gasteiger partial charge in [-0.15, -0.1) is 6.58 Å². The molecule has 2 aliphatic rings. The molecule has 0 aromatic carbocycles. The Morgan fingerprint density at radius 2 is 1.59 bits per heavy atom. The SMILES string of the molecule is C=CC[C@@H]1C(CCC(C)(O[Si](C)(C)C(C)(C)C)C2CCCCC2)=CC[C@@H]1O[Si](CC)(CC)CC. The predicted octanol–water partition coefficient (Wildman–Crippen LogP) is 10.0. The first-order valence-electron chi connectivity index (χ1n) is 14.5. The summed E-state index contributed by atoms with van der Waals surface area (Å²) in [5.41, 5.74) is 1.61. The Morgan fingerprint density at radius 3 is 2.09 bits per heavy atom. The molecule has 0 heterocycles. The second kappa shape index (κ2) is 12.4. The van der Waals surface area contributed by atoms with Crippen LogP contribution in [0, 0.1) is 11.8 Å². The first kappa shape index (κ1) is 30.1. The Balaban J connectivity index is 2.20. The molecule has 1 fully saturated rings. The van der Waals surface area contributed by atoms with Crippen molar-refractivity contribution in [1.82, 2.24) is 0 Å². The molecule has 2 nitrogen and oxygen atoms in total. The molecule has 198 valence electrons. The van der Waals surface area contributed by atoms with Crippen molar-refractivity contribution >= 4 is 16.6 Å². The third kappa shape index (κ3) is 7.20. The van der Waals surface area contributed by atoms with Crippen LogP contribution in [0.25, 0.3) is 0 Å². The molecule has 2 rings (SSSR count).